The Labute approximate surface area is 107 Å². The van der Waals surface area contributed by atoms with Crippen LogP contribution in [0.5, 0.6) is 0 Å². The van der Waals surface area contributed by atoms with E-state index < -0.39 is 0 Å². The first-order valence-electron chi connectivity index (χ1n) is 6.26. The molecule has 1 fully saturated rings. The molecule has 0 radical (unpaired) electrons. The van der Waals surface area contributed by atoms with Crippen LogP contribution in [0.4, 0.5) is 11.5 Å². The molecule has 1 aromatic heterocycles. The fourth-order valence-electron chi connectivity index (χ4n) is 2.51. The van der Waals surface area contributed by atoms with Gasteiger partial charge in [-0.2, -0.15) is 0 Å². The molecule has 0 aromatic carbocycles. The Kier molecular flexibility index (Phi) is 4.05. The second-order valence-corrected chi connectivity index (χ2v) is 4.89. The van der Waals surface area contributed by atoms with Crippen LogP contribution in [0, 0.1) is 0 Å². The number of nitrogens with two attached hydrogens (primary N) is 1. The molecule has 1 saturated heterocycles. The van der Waals surface area contributed by atoms with Gasteiger partial charge in [0.25, 0.3) is 0 Å². The van der Waals surface area contributed by atoms with Crippen molar-refractivity contribution in [3.8, 4) is 0 Å². The highest BCUT2D eigenvalue weighted by molar-refractivity contribution is 6.32. The van der Waals surface area contributed by atoms with E-state index >= 15 is 0 Å². The minimum Gasteiger partial charge on any atom is -0.393 e. The third-order valence-corrected chi connectivity index (χ3v) is 3.64. The number of rotatable bonds is 3. The number of piperidine rings is 1. The molecular formula is C12H19ClN4. The Morgan fingerprint density at radius 1 is 1.47 bits per heavy atom. The molecule has 0 spiro atoms. The van der Waals surface area contributed by atoms with Gasteiger partial charge < -0.3 is 10.6 Å². The van der Waals surface area contributed by atoms with E-state index in [1.807, 2.05) is 0 Å². The molecule has 1 aromatic rings. The Morgan fingerprint density at radius 3 is 3.06 bits per heavy atom. The molecule has 2 N–H and O–H groups in total. The van der Waals surface area contributed by atoms with Gasteiger partial charge in [-0.1, -0.05) is 24.9 Å². The summed E-state index contributed by atoms with van der Waals surface area (Å²) in [6, 6.07) is 0.544. The summed E-state index contributed by atoms with van der Waals surface area (Å²) in [5, 5.41) is 0.357. The van der Waals surface area contributed by atoms with Crippen LogP contribution in [0.3, 0.4) is 0 Å². The van der Waals surface area contributed by atoms with Crippen molar-refractivity contribution in [1.82, 2.24) is 9.97 Å². The van der Waals surface area contributed by atoms with Gasteiger partial charge in [-0.05, 0) is 25.7 Å². The standard InChI is InChI=1S/C12H19ClN4/c1-2-5-9-6-3-4-7-17(9)12-10(14)11(13)15-8-16-12/h8-9H,2-7,14H2,1H3. The van der Waals surface area contributed by atoms with Gasteiger partial charge in [0.15, 0.2) is 11.0 Å². The van der Waals surface area contributed by atoms with E-state index in [0.717, 1.165) is 12.4 Å². The topological polar surface area (TPSA) is 55.0 Å². The Bertz CT molecular complexity index is 381. The molecule has 1 aliphatic heterocycles. The van der Waals surface area contributed by atoms with Gasteiger partial charge in [0, 0.05) is 12.6 Å². The first-order valence-corrected chi connectivity index (χ1v) is 6.64. The minimum atomic E-state index is 0.357. The van der Waals surface area contributed by atoms with E-state index in [0.29, 0.717) is 16.9 Å². The van der Waals surface area contributed by atoms with Crippen molar-refractivity contribution in [3.05, 3.63) is 11.5 Å². The maximum atomic E-state index is 5.97. The van der Waals surface area contributed by atoms with Crippen LogP contribution in [-0.2, 0) is 0 Å². The van der Waals surface area contributed by atoms with Crippen molar-refractivity contribution < 1.29 is 0 Å². The Morgan fingerprint density at radius 2 is 2.29 bits per heavy atom. The van der Waals surface area contributed by atoms with Crippen molar-refractivity contribution in [3.63, 3.8) is 0 Å². The number of hydrogen-bond donors (Lipinski definition) is 1. The molecule has 94 valence electrons. The third-order valence-electron chi connectivity index (χ3n) is 3.34. The predicted octanol–water partition coefficient (Wildman–Crippen LogP) is 2.87. The quantitative estimate of drug-likeness (QED) is 0.843. The van der Waals surface area contributed by atoms with Gasteiger partial charge in [-0.3, -0.25) is 0 Å². The van der Waals surface area contributed by atoms with Crippen LogP contribution in [0.15, 0.2) is 6.33 Å². The fraction of sp³-hybridized carbons (Fsp3) is 0.667. The monoisotopic (exact) mass is 254 g/mol. The maximum Gasteiger partial charge on any atom is 0.157 e. The molecule has 1 atom stereocenters. The summed E-state index contributed by atoms with van der Waals surface area (Å²) in [5.41, 5.74) is 6.48. The number of aromatic nitrogens is 2. The predicted molar refractivity (Wildman–Crippen MR) is 71.3 cm³/mol. The average Bonchev–Trinajstić information content (AvgIpc) is 2.34. The molecule has 2 heterocycles. The largest absolute Gasteiger partial charge is 0.393 e. The molecular weight excluding hydrogens is 236 g/mol. The van der Waals surface area contributed by atoms with Crippen LogP contribution in [0.1, 0.15) is 39.0 Å². The number of nitrogen functional groups attached to an aromatic ring is 1. The van der Waals surface area contributed by atoms with Crippen molar-refractivity contribution >= 4 is 23.1 Å². The van der Waals surface area contributed by atoms with Gasteiger partial charge in [0.05, 0.1) is 0 Å². The molecule has 0 bridgehead atoms. The van der Waals surface area contributed by atoms with Crippen molar-refractivity contribution in [2.45, 2.75) is 45.1 Å². The van der Waals surface area contributed by atoms with Crippen LogP contribution in [0.2, 0.25) is 5.15 Å². The summed E-state index contributed by atoms with van der Waals surface area (Å²) in [4.78, 5) is 10.5. The van der Waals surface area contributed by atoms with Crippen LogP contribution in [0.25, 0.3) is 0 Å². The maximum absolute atomic E-state index is 5.97. The minimum absolute atomic E-state index is 0.357. The highest BCUT2D eigenvalue weighted by Crippen LogP contribution is 2.32. The summed E-state index contributed by atoms with van der Waals surface area (Å²) in [7, 11) is 0. The number of halogens is 1. The average molecular weight is 255 g/mol. The smallest absolute Gasteiger partial charge is 0.157 e. The van der Waals surface area contributed by atoms with Crippen LogP contribution >= 0.6 is 11.6 Å². The zero-order valence-electron chi connectivity index (χ0n) is 10.2. The Hall–Kier alpha value is -1.03. The summed E-state index contributed by atoms with van der Waals surface area (Å²) in [6.07, 6.45) is 7.56. The van der Waals surface area contributed by atoms with E-state index in [9.17, 15) is 0 Å². The van der Waals surface area contributed by atoms with Gasteiger partial charge in [0.2, 0.25) is 0 Å². The van der Waals surface area contributed by atoms with Crippen molar-refractivity contribution in [2.75, 3.05) is 17.2 Å². The van der Waals surface area contributed by atoms with E-state index in [-0.39, 0.29) is 0 Å². The Balaban J connectivity index is 2.26. The van der Waals surface area contributed by atoms with Gasteiger partial charge in [-0.25, -0.2) is 9.97 Å². The summed E-state index contributed by atoms with van der Waals surface area (Å²) < 4.78 is 0. The molecule has 0 saturated carbocycles. The van der Waals surface area contributed by atoms with E-state index in [1.165, 1.54) is 38.4 Å². The normalized spacial score (nSPS) is 20.6. The SMILES string of the molecule is CCCC1CCCCN1c1ncnc(Cl)c1N. The van der Waals surface area contributed by atoms with Crippen molar-refractivity contribution in [1.29, 1.82) is 0 Å². The zero-order chi connectivity index (χ0) is 12.3. The highest BCUT2D eigenvalue weighted by Gasteiger charge is 2.25. The molecule has 4 nitrogen and oxygen atoms in total. The highest BCUT2D eigenvalue weighted by atomic mass is 35.5. The fourth-order valence-corrected chi connectivity index (χ4v) is 2.64. The number of anilines is 2. The van der Waals surface area contributed by atoms with Gasteiger partial charge in [-0.15, -0.1) is 0 Å². The molecule has 1 unspecified atom stereocenters. The first kappa shape index (κ1) is 12.4. The molecule has 0 aliphatic carbocycles. The number of hydrogen-bond acceptors (Lipinski definition) is 4. The van der Waals surface area contributed by atoms with Gasteiger partial charge >= 0.3 is 0 Å². The molecule has 2 rings (SSSR count). The molecule has 17 heavy (non-hydrogen) atoms. The van der Waals surface area contributed by atoms with Crippen LogP contribution < -0.4 is 10.6 Å². The van der Waals surface area contributed by atoms with E-state index in [1.54, 1.807) is 0 Å². The van der Waals surface area contributed by atoms with E-state index in [4.69, 9.17) is 17.3 Å². The zero-order valence-corrected chi connectivity index (χ0v) is 11.0. The second-order valence-electron chi connectivity index (χ2n) is 4.53. The molecule has 1 aliphatic rings. The lowest BCUT2D eigenvalue weighted by atomic mass is 9.98. The first-order chi connectivity index (χ1) is 8.24. The molecule has 0 amide bonds. The number of nitrogens with zero attached hydrogens (tertiary/aromatic N) is 3. The third kappa shape index (κ3) is 2.63. The van der Waals surface area contributed by atoms with Gasteiger partial charge in [0.1, 0.15) is 12.0 Å². The summed E-state index contributed by atoms with van der Waals surface area (Å²) in [6.45, 7) is 3.23. The second kappa shape index (κ2) is 5.54. The van der Waals surface area contributed by atoms with Crippen LogP contribution in [-0.4, -0.2) is 22.6 Å². The van der Waals surface area contributed by atoms with Crippen molar-refractivity contribution in [2.24, 2.45) is 0 Å². The summed E-state index contributed by atoms with van der Waals surface area (Å²) in [5.74, 6) is 0.808. The molecule has 5 heteroatoms. The lowest BCUT2D eigenvalue weighted by Gasteiger charge is -2.37. The van der Waals surface area contributed by atoms with E-state index in [2.05, 4.69) is 21.8 Å². The lowest BCUT2D eigenvalue weighted by Crippen LogP contribution is -2.40. The lowest BCUT2D eigenvalue weighted by molar-refractivity contribution is 0.432. The summed E-state index contributed by atoms with van der Waals surface area (Å²) >= 11 is 5.96.